The van der Waals surface area contributed by atoms with Crippen molar-refractivity contribution >= 4 is 22.4 Å². The molecule has 0 aromatic carbocycles. The molecular formula is C7H8N2OS. The van der Waals surface area contributed by atoms with Crippen LogP contribution in [0.4, 0.5) is 0 Å². The van der Waals surface area contributed by atoms with Crippen LogP contribution in [0.1, 0.15) is 5.82 Å². The van der Waals surface area contributed by atoms with E-state index < -0.39 is 0 Å². The first-order valence-electron chi connectivity index (χ1n) is 3.30. The Labute approximate surface area is 68.0 Å². The Morgan fingerprint density at radius 1 is 1.64 bits per heavy atom. The lowest BCUT2D eigenvalue weighted by Gasteiger charge is -1.89. The van der Waals surface area contributed by atoms with Crippen LogP contribution in [-0.2, 0) is 11.3 Å². The fraction of sp³-hybridized carbons (Fsp3) is 0.286. The van der Waals surface area contributed by atoms with Gasteiger partial charge in [0.2, 0.25) is 0 Å². The summed E-state index contributed by atoms with van der Waals surface area (Å²) >= 11 is 1.65. The molecule has 3 nitrogen and oxygen atoms in total. The van der Waals surface area contributed by atoms with E-state index in [0.29, 0.717) is 6.61 Å². The van der Waals surface area contributed by atoms with Gasteiger partial charge in [-0.2, -0.15) is 0 Å². The van der Waals surface area contributed by atoms with Crippen LogP contribution < -0.4 is 0 Å². The molecule has 2 aromatic rings. The highest BCUT2D eigenvalue weighted by molar-refractivity contribution is 7.09. The van der Waals surface area contributed by atoms with Gasteiger partial charge in [0.05, 0.1) is 11.0 Å². The zero-order chi connectivity index (χ0) is 7.68. The number of aromatic amines is 1. The number of fused-ring (bicyclic) bond motifs is 1. The molecule has 0 spiro atoms. The third-order valence-corrected chi connectivity index (χ3v) is 2.19. The topological polar surface area (TPSA) is 37.9 Å². The highest BCUT2D eigenvalue weighted by Crippen LogP contribution is 2.15. The summed E-state index contributed by atoms with van der Waals surface area (Å²) in [4.78, 5) is 7.44. The van der Waals surface area contributed by atoms with E-state index in [2.05, 4.69) is 9.97 Å². The maximum atomic E-state index is 4.94. The number of rotatable bonds is 2. The van der Waals surface area contributed by atoms with Crippen molar-refractivity contribution in [2.75, 3.05) is 7.11 Å². The smallest absolute Gasteiger partial charge is 0.133 e. The maximum absolute atomic E-state index is 4.94. The van der Waals surface area contributed by atoms with Crippen LogP contribution in [-0.4, -0.2) is 17.1 Å². The summed E-state index contributed by atoms with van der Waals surface area (Å²) in [6, 6.07) is 0. The van der Waals surface area contributed by atoms with E-state index in [4.69, 9.17) is 4.74 Å². The number of hydrogen-bond acceptors (Lipinski definition) is 3. The molecule has 0 atom stereocenters. The summed E-state index contributed by atoms with van der Waals surface area (Å²) in [5, 5.41) is 4.06. The standard InChI is InChI=1S/C7H8N2OS/c1-10-2-7-8-5-3-11-4-6(5)9-7/h3-4H,2H2,1H3,(H,8,9). The SMILES string of the molecule is COCc1nc2cscc2[nH]1. The van der Waals surface area contributed by atoms with Crippen molar-refractivity contribution in [3.8, 4) is 0 Å². The number of methoxy groups -OCH3 is 1. The van der Waals surface area contributed by atoms with Crippen LogP contribution in [0.25, 0.3) is 11.0 Å². The van der Waals surface area contributed by atoms with Gasteiger partial charge in [0.15, 0.2) is 0 Å². The monoisotopic (exact) mass is 168 g/mol. The summed E-state index contributed by atoms with van der Waals surface area (Å²) in [6.45, 7) is 0.555. The van der Waals surface area contributed by atoms with E-state index in [9.17, 15) is 0 Å². The summed E-state index contributed by atoms with van der Waals surface area (Å²) in [6.07, 6.45) is 0. The van der Waals surface area contributed by atoms with Gasteiger partial charge in [-0.25, -0.2) is 4.98 Å². The van der Waals surface area contributed by atoms with Gasteiger partial charge in [0.25, 0.3) is 0 Å². The number of H-pyrrole nitrogens is 1. The van der Waals surface area contributed by atoms with Crippen molar-refractivity contribution in [3.63, 3.8) is 0 Å². The molecule has 2 rings (SSSR count). The van der Waals surface area contributed by atoms with E-state index in [1.54, 1.807) is 18.4 Å². The molecule has 0 aliphatic heterocycles. The Morgan fingerprint density at radius 3 is 3.27 bits per heavy atom. The van der Waals surface area contributed by atoms with Crippen LogP contribution in [0.2, 0.25) is 0 Å². The minimum Gasteiger partial charge on any atom is -0.377 e. The Bertz CT molecular complexity index is 323. The summed E-state index contributed by atoms with van der Waals surface area (Å²) in [5.74, 6) is 0.894. The average Bonchev–Trinajstić information content (AvgIpc) is 2.46. The maximum Gasteiger partial charge on any atom is 0.133 e. The predicted octanol–water partition coefficient (Wildman–Crippen LogP) is 1.77. The first kappa shape index (κ1) is 6.82. The second-order valence-corrected chi connectivity index (χ2v) is 3.03. The van der Waals surface area contributed by atoms with Crippen LogP contribution >= 0.6 is 11.3 Å². The van der Waals surface area contributed by atoms with Gasteiger partial charge >= 0.3 is 0 Å². The fourth-order valence-corrected chi connectivity index (χ4v) is 1.70. The summed E-state index contributed by atoms with van der Waals surface area (Å²) < 4.78 is 4.94. The lowest BCUT2D eigenvalue weighted by Crippen LogP contribution is -1.88. The zero-order valence-corrected chi connectivity index (χ0v) is 6.94. The molecule has 0 saturated carbocycles. The first-order chi connectivity index (χ1) is 5.40. The molecule has 2 heterocycles. The molecule has 0 aliphatic carbocycles. The van der Waals surface area contributed by atoms with Gasteiger partial charge in [0.1, 0.15) is 12.4 Å². The van der Waals surface area contributed by atoms with Gasteiger partial charge in [0, 0.05) is 17.9 Å². The van der Waals surface area contributed by atoms with Gasteiger partial charge in [-0.05, 0) is 0 Å². The molecule has 0 fully saturated rings. The minimum absolute atomic E-state index is 0.555. The Hall–Kier alpha value is -0.870. The number of imidazole rings is 1. The van der Waals surface area contributed by atoms with Crippen molar-refractivity contribution in [1.29, 1.82) is 0 Å². The van der Waals surface area contributed by atoms with Crippen LogP contribution in [0.15, 0.2) is 10.8 Å². The van der Waals surface area contributed by atoms with E-state index in [0.717, 1.165) is 16.9 Å². The van der Waals surface area contributed by atoms with E-state index in [1.165, 1.54) is 0 Å². The minimum atomic E-state index is 0.555. The first-order valence-corrected chi connectivity index (χ1v) is 4.24. The highest BCUT2D eigenvalue weighted by atomic mass is 32.1. The quantitative estimate of drug-likeness (QED) is 0.742. The largest absolute Gasteiger partial charge is 0.377 e. The molecule has 4 heteroatoms. The molecule has 0 radical (unpaired) electrons. The van der Waals surface area contributed by atoms with Gasteiger partial charge in [-0.15, -0.1) is 11.3 Å². The molecule has 11 heavy (non-hydrogen) atoms. The van der Waals surface area contributed by atoms with Crippen LogP contribution in [0, 0.1) is 0 Å². The predicted molar refractivity (Wildman–Crippen MR) is 44.7 cm³/mol. The van der Waals surface area contributed by atoms with Crippen LogP contribution in [0.3, 0.4) is 0 Å². The third-order valence-electron chi connectivity index (χ3n) is 1.46. The molecule has 0 bridgehead atoms. The lowest BCUT2D eigenvalue weighted by atomic mass is 10.5. The highest BCUT2D eigenvalue weighted by Gasteiger charge is 2.01. The molecule has 0 saturated heterocycles. The van der Waals surface area contributed by atoms with Crippen LogP contribution in [0.5, 0.6) is 0 Å². The van der Waals surface area contributed by atoms with Gasteiger partial charge in [-0.3, -0.25) is 0 Å². The normalized spacial score (nSPS) is 11.0. The van der Waals surface area contributed by atoms with Crippen molar-refractivity contribution in [1.82, 2.24) is 9.97 Å². The van der Waals surface area contributed by atoms with Gasteiger partial charge < -0.3 is 9.72 Å². The van der Waals surface area contributed by atoms with E-state index >= 15 is 0 Å². The Kier molecular flexibility index (Phi) is 1.63. The van der Waals surface area contributed by atoms with E-state index in [-0.39, 0.29) is 0 Å². The van der Waals surface area contributed by atoms with Crippen molar-refractivity contribution < 1.29 is 4.74 Å². The average molecular weight is 168 g/mol. The molecular weight excluding hydrogens is 160 g/mol. The molecule has 1 N–H and O–H groups in total. The summed E-state index contributed by atoms with van der Waals surface area (Å²) in [7, 11) is 1.66. The number of ether oxygens (including phenoxy) is 1. The van der Waals surface area contributed by atoms with E-state index in [1.807, 2.05) is 10.8 Å². The Balaban J connectivity index is 2.42. The number of nitrogens with zero attached hydrogens (tertiary/aromatic N) is 1. The molecule has 2 aromatic heterocycles. The fourth-order valence-electron chi connectivity index (χ4n) is 1.00. The number of nitrogens with one attached hydrogen (secondary N) is 1. The molecule has 58 valence electrons. The Morgan fingerprint density at radius 2 is 2.55 bits per heavy atom. The molecule has 0 aliphatic rings. The lowest BCUT2D eigenvalue weighted by molar-refractivity contribution is 0.179. The van der Waals surface area contributed by atoms with Crippen molar-refractivity contribution in [2.45, 2.75) is 6.61 Å². The van der Waals surface area contributed by atoms with Crippen molar-refractivity contribution in [3.05, 3.63) is 16.6 Å². The second-order valence-electron chi connectivity index (χ2n) is 2.29. The third kappa shape index (κ3) is 1.15. The second kappa shape index (κ2) is 2.64. The van der Waals surface area contributed by atoms with Crippen molar-refractivity contribution in [2.24, 2.45) is 0 Å². The zero-order valence-electron chi connectivity index (χ0n) is 6.13. The molecule has 0 unspecified atom stereocenters. The summed E-state index contributed by atoms with van der Waals surface area (Å²) in [5.41, 5.74) is 2.13. The number of thiophene rings is 1. The molecule has 0 amide bonds. The number of aromatic nitrogens is 2. The van der Waals surface area contributed by atoms with Gasteiger partial charge in [-0.1, -0.05) is 0 Å². The number of hydrogen-bond donors (Lipinski definition) is 1.